The molecule has 16 heteroatoms. The van der Waals surface area contributed by atoms with Crippen LogP contribution in [-0.2, 0) is 41.5 Å². The van der Waals surface area contributed by atoms with E-state index in [1.807, 2.05) is 64.1 Å². The Kier molecular flexibility index (Phi) is 15.3. The van der Waals surface area contributed by atoms with E-state index >= 15 is 0 Å². The standard InChI is InChI=1S/C36H46N8O6S2/c1-21(2)29(37)33(47)49-19-25(23-13-7-5-8-14-23)31(45)39-35-43-41-27(51-35)17-11-12-18-28-42-44-36(52-28)40-32(46)26(24-15-9-6-10-16-24)20-50-34(48)30(38)22(3)4/h5-10,13-16,21-22,25-26,29-30H,11-12,17-20,37-38H2,1-4H3,(H,39,43,45)(H,40,44,46)/t25?,26?,29-,30+. The summed E-state index contributed by atoms with van der Waals surface area (Å²) in [6.45, 7) is 6.99. The number of nitrogens with two attached hydrogens (primary N) is 2. The van der Waals surface area contributed by atoms with Crippen molar-refractivity contribution in [2.24, 2.45) is 23.3 Å². The molecule has 0 spiro atoms. The van der Waals surface area contributed by atoms with Crippen LogP contribution in [0.3, 0.4) is 0 Å². The zero-order valence-corrected chi connectivity index (χ0v) is 31.3. The van der Waals surface area contributed by atoms with Crippen molar-refractivity contribution in [2.75, 3.05) is 23.8 Å². The van der Waals surface area contributed by atoms with E-state index in [4.69, 9.17) is 20.9 Å². The van der Waals surface area contributed by atoms with E-state index in [1.165, 1.54) is 22.7 Å². The molecule has 2 amide bonds. The van der Waals surface area contributed by atoms with Gasteiger partial charge in [0.1, 0.15) is 35.3 Å². The number of aromatic nitrogens is 4. The summed E-state index contributed by atoms with van der Waals surface area (Å²) in [5, 5.41) is 24.6. The van der Waals surface area contributed by atoms with Crippen LogP contribution in [0.2, 0.25) is 0 Å². The van der Waals surface area contributed by atoms with Gasteiger partial charge in [-0.1, -0.05) is 111 Å². The molecule has 0 saturated heterocycles. The molecule has 0 aliphatic rings. The fourth-order valence-corrected chi connectivity index (χ4v) is 6.40. The van der Waals surface area contributed by atoms with Crippen LogP contribution in [-0.4, -0.2) is 69.4 Å². The molecule has 6 N–H and O–H groups in total. The zero-order valence-electron chi connectivity index (χ0n) is 29.7. The molecule has 14 nitrogen and oxygen atoms in total. The number of nitrogens with one attached hydrogen (secondary N) is 2. The van der Waals surface area contributed by atoms with E-state index < -0.39 is 35.9 Å². The van der Waals surface area contributed by atoms with Gasteiger partial charge in [0.2, 0.25) is 22.1 Å². The molecule has 278 valence electrons. The predicted octanol–water partition coefficient (Wildman–Crippen LogP) is 4.45. The first-order valence-corrected chi connectivity index (χ1v) is 18.8. The highest BCUT2D eigenvalue weighted by atomic mass is 32.1. The first kappa shape index (κ1) is 40.1. The normalized spacial score (nSPS) is 13.6. The van der Waals surface area contributed by atoms with E-state index in [9.17, 15) is 19.2 Å². The van der Waals surface area contributed by atoms with Crippen molar-refractivity contribution in [1.29, 1.82) is 0 Å². The van der Waals surface area contributed by atoms with Gasteiger partial charge in [0.25, 0.3) is 0 Å². The lowest BCUT2D eigenvalue weighted by molar-refractivity contribution is -0.148. The second-order valence-corrected chi connectivity index (χ2v) is 15.0. The monoisotopic (exact) mass is 750 g/mol. The first-order chi connectivity index (χ1) is 24.9. The fourth-order valence-electron chi connectivity index (χ4n) is 4.83. The molecule has 4 atom stereocenters. The smallest absolute Gasteiger partial charge is 0.323 e. The number of ether oxygens (including phenoxy) is 2. The van der Waals surface area contributed by atoms with Crippen LogP contribution in [0.15, 0.2) is 60.7 Å². The van der Waals surface area contributed by atoms with Crippen LogP contribution in [0, 0.1) is 11.8 Å². The number of anilines is 2. The summed E-state index contributed by atoms with van der Waals surface area (Å²) in [5.74, 6) is -3.57. The average Bonchev–Trinajstić information content (AvgIpc) is 3.79. The Morgan fingerprint density at radius 1 is 0.615 bits per heavy atom. The molecule has 4 aromatic rings. The van der Waals surface area contributed by atoms with E-state index in [0.29, 0.717) is 34.2 Å². The molecular formula is C36H46N8O6S2. The minimum Gasteiger partial charge on any atom is -0.463 e. The second kappa shape index (κ2) is 19.8. The van der Waals surface area contributed by atoms with Crippen LogP contribution in [0.5, 0.6) is 0 Å². The Balaban J connectivity index is 1.26. The second-order valence-electron chi connectivity index (χ2n) is 12.9. The molecule has 0 aliphatic heterocycles. The molecule has 0 radical (unpaired) electrons. The number of hydrogen-bond acceptors (Lipinski definition) is 14. The van der Waals surface area contributed by atoms with Gasteiger partial charge >= 0.3 is 11.9 Å². The first-order valence-electron chi connectivity index (χ1n) is 17.1. The number of benzene rings is 2. The number of nitrogens with zero attached hydrogens (tertiary/aromatic N) is 4. The highest BCUT2D eigenvalue weighted by Crippen LogP contribution is 2.25. The molecule has 0 fully saturated rings. The highest BCUT2D eigenvalue weighted by molar-refractivity contribution is 7.15. The molecule has 0 saturated carbocycles. The van der Waals surface area contributed by atoms with Gasteiger partial charge in [-0.25, -0.2) is 0 Å². The maximum atomic E-state index is 13.3. The Morgan fingerprint density at radius 2 is 0.981 bits per heavy atom. The third kappa shape index (κ3) is 12.0. The Bertz CT molecular complexity index is 1620. The van der Waals surface area contributed by atoms with Crippen LogP contribution in [0.1, 0.15) is 73.5 Å². The number of carbonyl (C=O) groups excluding carboxylic acids is 4. The van der Waals surface area contributed by atoms with Crippen molar-refractivity contribution in [2.45, 2.75) is 77.3 Å². The SMILES string of the molecule is CC(C)[C@H](N)C(=O)OCC(C(=O)Nc1nnc(CCCCc2nnc(NC(=O)C(COC(=O)[C@H](N)C(C)C)c3ccccc3)s2)s1)c1ccccc1. The number of hydrogen-bond donors (Lipinski definition) is 4. The quantitative estimate of drug-likeness (QED) is 0.0773. The third-order valence-electron chi connectivity index (χ3n) is 8.23. The van der Waals surface area contributed by atoms with Crippen LogP contribution in [0.25, 0.3) is 0 Å². The predicted molar refractivity (Wildman–Crippen MR) is 200 cm³/mol. The summed E-state index contributed by atoms with van der Waals surface area (Å²) in [4.78, 5) is 51.3. The Morgan fingerprint density at radius 3 is 1.33 bits per heavy atom. The lowest BCUT2D eigenvalue weighted by atomic mass is 9.99. The summed E-state index contributed by atoms with van der Waals surface area (Å²) >= 11 is 2.56. The minimum atomic E-state index is -0.780. The number of carbonyl (C=O) groups is 4. The van der Waals surface area contributed by atoms with Crippen molar-refractivity contribution < 1.29 is 28.7 Å². The van der Waals surface area contributed by atoms with Gasteiger partial charge in [0.05, 0.1) is 11.8 Å². The van der Waals surface area contributed by atoms with E-state index in [0.717, 1.165) is 22.9 Å². The summed E-state index contributed by atoms with van der Waals surface area (Å²) in [6, 6.07) is 16.6. The Labute approximate surface area is 311 Å². The van der Waals surface area contributed by atoms with Crippen molar-refractivity contribution in [3.05, 3.63) is 81.8 Å². The lowest BCUT2D eigenvalue weighted by Gasteiger charge is -2.19. The van der Waals surface area contributed by atoms with Gasteiger partial charge < -0.3 is 20.9 Å². The molecule has 2 unspecified atom stereocenters. The molecule has 0 bridgehead atoms. The third-order valence-corrected chi connectivity index (χ3v) is 10.0. The molecule has 4 rings (SSSR count). The van der Waals surface area contributed by atoms with Gasteiger partial charge in [0, 0.05) is 12.8 Å². The summed E-state index contributed by atoms with van der Waals surface area (Å²) in [6.07, 6.45) is 2.84. The maximum Gasteiger partial charge on any atom is 0.323 e. The molecule has 52 heavy (non-hydrogen) atoms. The van der Waals surface area contributed by atoms with Crippen molar-refractivity contribution >= 4 is 56.7 Å². The topological polar surface area (TPSA) is 214 Å². The number of esters is 2. The van der Waals surface area contributed by atoms with E-state index in [1.54, 1.807) is 24.3 Å². The number of aryl methyl sites for hydroxylation is 2. The lowest BCUT2D eigenvalue weighted by Crippen LogP contribution is -2.38. The number of rotatable bonds is 19. The van der Waals surface area contributed by atoms with Gasteiger partial charge in [-0.3, -0.25) is 29.8 Å². The van der Waals surface area contributed by atoms with Gasteiger partial charge in [-0.15, -0.1) is 20.4 Å². The minimum absolute atomic E-state index is 0.0983. The molecule has 2 aromatic heterocycles. The molecule has 2 aromatic carbocycles. The van der Waals surface area contributed by atoms with Crippen molar-refractivity contribution in [3.8, 4) is 0 Å². The molecule has 2 heterocycles. The summed E-state index contributed by atoms with van der Waals surface area (Å²) in [7, 11) is 0. The van der Waals surface area contributed by atoms with Crippen molar-refractivity contribution in [3.63, 3.8) is 0 Å². The van der Waals surface area contributed by atoms with Gasteiger partial charge in [-0.05, 0) is 35.8 Å². The van der Waals surface area contributed by atoms with E-state index in [-0.39, 0.29) is 36.9 Å². The maximum absolute atomic E-state index is 13.3. The van der Waals surface area contributed by atoms with Gasteiger partial charge in [0.15, 0.2) is 0 Å². The highest BCUT2D eigenvalue weighted by Gasteiger charge is 2.28. The Hall–Kier alpha value is -4.64. The van der Waals surface area contributed by atoms with E-state index in [2.05, 4.69) is 31.0 Å². The fraction of sp³-hybridized carbons (Fsp3) is 0.444. The largest absolute Gasteiger partial charge is 0.463 e. The zero-order chi connectivity index (χ0) is 37.6. The van der Waals surface area contributed by atoms with Crippen LogP contribution >= 0.6 is 22.7 Å². The summed E-state index contributed by atoms with van der Waals surface area (Å²) < 4.78 is 10.8. The number of unbranched alkanes of at least 4 members (excludes halogenated alkanes) is 1. The van der Waals surface area contributed by atoms with Crippen LogP contribution < -0.4 is 22.1 Å². The molecule has 0 aliphatic carbocycles. The summed E-state index contributed by atoms with van der Waals surface area (Å²) in [5.41, 5.74) is 13.2. The van der Waals surface area contributed by atoms with Crippen molar-refractivity contribution in [1.82, 2.24) is 20.4 Å². The van der Waals surface area contributed by atoms with Gasteiger partial charge in [-0.2, -0.15) is 0 Å². The number of amides is 2. The van der Waals surface area contributed by atoms with Crippen LogP contribution in [0.4, 0.5) is 10.3 Å². The molecular weight excluding hydrogens is 705 g/mol. The average molecular weight is 751 g/mol.